The quantitative estimate of drug-likeness (QED) is 0.627. The van der Waals surface area contributed by atoms with Crippen LogP contribution in [0.15, 0.2) is 42.5 Å². The van der Waals surface area contributed by atoms with Gasteiger partial charge in [-0.1, -0.05) is 43.7 Å². The molecule has 7 nitrogen and oxygen atoms in total. The molecule has 0 aliphatic rings. The molecule has 3 N–H and O–H groups in total. The number of para-hydroxylation sites is 1. The number of benzene rings is 2. The van der Waals surface area contributed by atoms with Crippen LogP contribution in [0.2, 0.25) is 0 Å². The van der Waals surface area contributed by atoms with E-state index in [1.165, 1.54) is 0 Å². The number of nitrogens with zero attached hydrogens (tertiary/aromatic N) is 1. The molecule has 0 fully saturated rings. The summed E-state index contributed by atoms with van der Waals surface area (Å²) in [7, 11) is 0. The number of amides is 2. The summed E-state index contributed by atoms with van der Waals surface area (Å²) in [5.41, 5.74) is 8.15. The van der Waals surface area contributed by atoms with Crippen molar-refractivity contribution in [2.24, 2.45) is 5.92 Å². The normalized spacial score (nSPS) is 11.3. The topological polar surface area (TPSA) is 103 Å². The summed E-state index contributed by atoms with van der Waals surface area (Å²) in [6.07, 6.45) is -0.864. The van der Waals surface area contributed by atoms with Crippen LogP contribution >= 0.6 is 0 Å². The molecule has 0 aromatic heterocycles. The van der Waals surface area contributed by atoms with Crippen LogP contribution in [0.3, 0.4) is 0 Å². The zero-order valence-corrected chi connectivity index (χ0v) is 17.1. The maximum absolute atomic E-state index is 12.5. The lowest BCUT2D eigenvalue weighted by atomic mass is 10.1. The van der Waals surface area contributed by atoms with Crippen LogP contribution in [-0.2, 0) is 9.59 Å². The van der Waals surface area contributed by atoms with Gasteiger partial charge in [-0.05, 0) is 43.5 Å². The van der Waals surface area contributed by atoms with Crippen LogP contribution in [0.25, 0.3) is 0 Å². The van der Waals surface area contributed by atoms with E-state index in [0.29, 0.717) is 11.3 Å². The molecule has 0 aliphatic carbocycles. The third-order valence-electron chi connectivity index (χ3n) is 4.27. The number of aryl methyl sites for hydroxylation is 2. The Labute approximate surface area is 171 Å². The second-order valence-electron chi connectivity index (χ2n) is 7.10. The zero-order chi connectivity index (χ0) is 21.4. The molecule has 29 heavy (non-hydrogen) atoms. The van der Waals surface area contributed by atoms with Gasteiger partial charge in [0.2, 0.25) is 0 Å². The molecule has 0 aliphatic heterocycles. The average molecular weight is 394 g/mol. The van der Waals surface area contributed by atoms with E-state index in [1.807, 2.05) is 52.0 Å². The fourth-order valence-electron chi connectivity index (χ4n) is 2.72. The van der Waals surface area contributed by atoms with E-state index in [9.17, 15) is 14.9 Å². The molecule has 0 spiro atoms. The summed E-state index contributed by atoms with van der Waals surface area (Å²) in [5.74, 6) is -0.732. The highest BCUT2D eigenvalue weighted by Crippen LogP contribution is 2.20. The van der Waals surface area contributed by atoms with E-state index in [1.54, 1.807) is 24.3 Å². The van der Waals surface area contributed by atoms with Gasteiger partial charge >= 0.3 is 0 Å². The lowest BCUT2D eigenvalue weighted by molar-refractivity contribution is -0.134. The Hall–Kier alpha value is -3.53. The molecule has 0 saturated heterocycles. The summed E-state index contributed by atoms with van der Waals surface area (Å²) in [6, 6.07) is 14.6. The van der Waals surface area contributed by atoms with Crippen molar-refractivity contribution in [3.63, 3.8) is 0 Å². The maximum atomic E-state index is 12.5. The number of hydrazine groups is 1. The number of hydrogen-bond acceptors (Lipinski definition) is 5. The lowest BCUT2D eigenvalue weighted by Crippen LogP contribution is -2.51. The fraction of sp³-hybridized carbons (Fsp3) is 0.318. The molecule has 152 valence electrons. The Bertz CT molecular complexity index is 919. The lowest BCUT2D eigenvalue weighted by Gasteiger charge is -2.22. The van der Waals surface area contributed by atoms with Gasteiger partial charge in [-0.25, -0.2) is 0 Å². The molecule has 2 aromatic carbocycles. The van der Waals surface area contributed by atoms with Gasteiger partial charge in [0.1, 0.15) is 11.8 Å². The average Bonchev–Trinajstić information content (AvgIpc) is 2.69. The van der Waals surface area contributed by atoms with Gasteiger partial charge in [-0.2, -0.15) is 5.26 Å². The van der Waals surface area contributed by atoms with Crippen molar-refractivity contribution in [2.45, 2.75) is 33.8 Å². The summed E-state index contributed by atoms with van der Waals surface area (Å²) in [6.45, 7) is 7.61. The highest BCUT2D eigenvalue weighted by atomic mass is 16.5. The summed E-state index contributed by atoms with van der Waals surface area (Å²) in [5, 5.41) is 12.2. The summed E-state index contributed by atoms with van der Waals surface area (Å²) < 4.78 is 5.75. The molecule has 1 atom stereocenters. The van der Waals surface area contributed by atoms with Crippen molar-refractivity contribution in [2.75, 3.05) is 11.9 Å². The number of hydrogen-bond donors (Lipinski definition) is 3. The molecule has 2 rings (SSSR count). The van der Waals surface area contributed by atoms with Gasteiger partial charge < -0.3 is 10.1 Å². The van der Waals surface area contributed by atoms with Crippen LogP contribution in [0, 0.1) is 31.1 Å². The molecule has 0 saturated carbocycles. The zero-order valence-electron chi connectivity index (χ0n) is 17.1. The number of carbonyl (C=O) groups excluding carboxylic acids is 2. The number of ether oxygens (including phenoxy) is 1. The van der Waals surface area contributed by atoms with E-state index in [4.69, 9.17) is 4.74 Å². The van der Waals surface area contributed by atoms with Gasteiger partial charge in [-0.15, -0.1) is 0 Å². The first-order chi connectivity index (χ1) is 13.8. The van der Waals surface area contributed by atoms with Gasteiger partial charge in [0.15, 0.2) is 6.10 Å². The molecular formula is C22H26N4O3. The molecule has 2 aromatic rings. The minimum atomic E-state index is -0.864. The maximum Gasteiger partial charge on any atom is 0.279 e. The van der Waals surface area contributed by atoms with E-state index >= 15 is 0 Å². The standard InChI is InChI=1S/C22H26N4O3/c1-14(2)21(29-19-8-6-5-7-17(19)12-23)22(28)26-25-20(27)13-24-18-10-9-15(3)11-16(18)4/h5-11,14,21,24H,13H2,1-4H3,(H,25,27)(H,26,28). The molecule has 0 radical (unpaired) electrons. The van der Waals surface area contributed by atoms with Crippen LogP contribution in [0.5, 0.6) is 5.75 Å². The fourth-order valence-corrected chi connectivity index (χ4v) is 2.72. The number of nitriles is 1. The third-order valence-corrected chi connectivity index (χ3v) is 4.27. The van der Waals surface area contributed by atoms with E-state index < -0.39 is 17.9 Å². The molecule has 1 unspecified atom stereocenters. The van der Waals surface area contributed by atoms with E-state index in [0.717, 1.165) is 16.8 Å². The highest BCUT2D eigenvalue weighted by Gasteiger charge is 2.25. The monoisotopic (exact) mass is 394 g/mol. The molecule has 0 bridgehead atoms. The van der Waals surface area contributed by atoms with E-state index in [2.05, 4.69) is 16.2 Å². The van der Waals surface area contributed by atoms with E-state index in [-0.39, 0.29) is 12.5 Å². The van der Waals surface area contributed by atoms with Crippen molar-refractivity contribution < 1.29 is 14.3 Å². The summed E-state index contributed by atoms with van der Waals surface area (Å²) in [4.78, 5) is 24.6. The van der Waals surface area contributed by atoms with Crippen LogP contribution in [0.1, 0.15) is 30.5 Å². The Kier molecular flexibility index (Phi) is 7.61. The van der Waals surface area contributed by atoms with Crippen LogP contribution in [0.4, 0.5) is 5.69 Å². The minimum absolute atomic E-state index is 0.00858. The van der Waals surface area contributed by atoms with Crippen LogP contribution in [-0.4, -0.2) is 24.5 Å². The number of carbonyl (C=O) groups is 2. The van der Waals surface area contributed by atoms with Crippen molar-refractivity contribution in [3.05, 3.63) is 59.2 Å². The molecule has 7 heteroatoms. The Morgan fingerprint density at radius 2 is 1.83 bits per heavy atom. The molecular weight excluding hydrogens is 368 g/mol. The first kappa shape index (κ1) is 21.8. The smallest absolute Gasteiger partial charge is 0.279 e. The first-order valence-corrected chi connectivity index (χ1v) is 9.37. The highest BCUT2D eigenvalue weighted by molar-refractivity contribution is 5.86. The predicted octanol–water partition coefficient (Wildman–Crippen LogP) is 2.84. The molecule has 2 amide bonds. The largest absolute Gasteiger partial charge is 0.479 e. The predicted molar refractivity (Wildman–Crippen MR) is 111 cm³/mol. The van der Waals surface area contributed by atoms with Gasteiger partial charge in [0, 0.05) is 5.69 Å². The second-order valence-corrected chi connectivity index (χ2v) is 7.10. The molecule has 0 heterocycles. The second kappa shape index (κ2) is 10.1. The SMILES string of the molecule is Cc1ccc(NCC(=O)NNC(=O)C(Oc2ccccc2C#N)C(C)C)c(C)c1. The Morgan fingerprint density at radius 3 is 2.48 bits per heavy atom. The van der Waals surface area contributed by atoms with Crippen molar-refractivity contribution >= 4 is 17.5 Å². The number of anilines is 1. The van der Waals surface area contributed by atoms with Gasteiger partial charge in [-0.3, -0.25) is 20.4 Å². The minimum Gasteiger partial charge on any atom is -0.479 e. The van der Waals surface area contributed by atoms with Gasteiger partial charge in [0.25, 0.3) is 11.8 Å². The number of nitrogens with one attached hydrogen (secondary N) is 3. The van der Waals surface area contributed by atoms with Crippen molar-refractivity contribution in [1.82, 2.24) is 10.9 Å². The number of rotatable bonds is 7. The van der Waals surface area contributed by atoms with Crippen molar-refractivity contribution in [1.29, 1.82) is 5.26 Å². The van der Waals surface area contributed by atoms with Crippen LogP contribution < -0.4 is 20.9 Å². The first-order valence-electron chi connectivity index (χ1n) is 9.37. The third kappa shape index (κ3) is 6.25. The van der Waals surface area contributed by atoms with Crippen molar-refractivity contribution in [3.8, 4) is 11.8 Å². The Morgan fingerprint density at radius 1 is 1.10 bits per heavy atom. The summed E-state index contributed by atoms with van der Waals surface area (Å²) >= 11 is 0. The van der Waals surface area contributed by atoms with Gasteiger partial charge in [0.05, 0.1) is 12.1 Å². The Balaban J connectivity index is 1.91.